The van der Waals surface area contributed by atoms with Crippen molar-refractivity contribution in [1.29, 1.82) is 0 Å². The first-order valence-electron chi connectivity index (χ1n) is 1.68. The summed E-state index contributed by atoms with van der Waals surface area (Å²) < 4.78 is 18.8. The second kappa shape index (κ2) is 5.10. The zero-order valence-corrected chi connectivity index (χ0v) is 7.54. The van der Waals surface area contributed by atoms with Crippen molar-refractivity contribution in [3.05, 3.63) is 0 Å². The molecule has 6 heteroatoms. The van der Waals surface area contributed by atoms with Crippen LogP contribution in [0.2, 0.25) is 0 Å². The quantitative estimate of drug-likeness (QED) is 0.686. The Morgan fingerprint density at radius 3 is 1.56 bits per heavy atom. The number of carboxylic acids is 1. The Kier molecular flexibility index (Phi) is 6.81. The average Bonchev–Trinajstić information content (AvgIpc) is 1.19. The van der Waals surface area contributed by atoms with Gasteiger partial charge in [-0.3, -0.25) is 4.79 Å². The van der Waals surface area contributed by atoms with E-state index >= 15 is 0 Å². The number of hydrogen-bond donors (Lipinski definition) is 1. The van der Waals surface area contributed by atoms with Gasteiger partial charge < -0.3 is 5.11 Å². The molecule has 0 bridgehead atoms. The van der Waals surface area contributed by atoms with Crippen LogP contribution in [0.15, 0.2) is 0 Å². The van der Waals surface area contributed by atoms with E-state index in [4.69, 9.17) is 9.90 Å². The van der Waals surface area contributed by atoms with Crippen LogP contribution in [0, 0.1) is 0 Å². The molecule has 0 aromatic heterocycles. The van der Waals surface area contributed by atoms with E-state index in [1.54, 1.807) is 0 Å². The third-order valence-electron chi connectivity index (χ3n) is 0. The SMILES string of the molecule is CC(=O)O.FC(F)(Br)Br. The zero-order valence-electron chi connectivity index (χ0n) is 4.37. The molecule has 0 aliphatic rings. The highest BCUT2D eigenvalue weighted by Crippen LogP contribution is 2.28. The van der Waals surface area contributed by atoms with Crippen molar-refractivity contribution < 1.29 is 18.7 Å². The second-order valence-corrected chi connectivity index (χ2v) is 4.00. The van der Waals surface area contributed by atoms with Gasteiger partial charge in [-0.1, -0.05) is 0 Å². The summed E-state index contributed by atoms with van der Waals surface area (Å²) in [6, 6.07) is 0. The van der Waals surface area contributed by atoms with Crippen LogP contribution in [0.25, 0.3) is 0 Å². The maximum atomic E-state index is 10.9. The van der Waals surface area contributed by atoms with Gasteiger partial charge in [0.05, 0.1) is 0 Å². The third-order valence-corrected chi connectivity index (χ3v) is 0. The molecule has 0 heterocycles. The Hall–Kier alpha value is 0.290. The van der Waals surface area contributed by atoms with Gasteiger partial charge in [0.15, 0.2) is 0 Å². The molecule has 2 nitrogen and oxygen atoms in total. The maximum absolute atomic E-state index is 10.9. The topological polar surface area (TPSA) is 37.3 Å². The molecule has 0 amide bonds. The number of hydrogen-bond acceptors (Lipinski definition) is 1. The first-order chi connectivity index (χ1) is 3.73. The molecule has 56 valence electrons. The molecule has 0 unspecified atom stereocenters. The van der Waals surface area contributed by atoms with Crippen molar-refractivity contribution in [2.45, 2.75) is 10.7 Å². The highest BCUT2D eigenvalue weighted by atomic mass is 79.9. The van der Waals surface area contributed by atoms with E-state index in [0.29, 0.717) is 0 Å². The van der Waals surface area contributed by atoms with Gasteiger partial charge in [-0.25, -0.2) is 0 Å². The smallest absolute Gasteiger partial charge is 0.356 e. The fraction of sp³-hybridized carbons (Fsp3) is 0.667. The number of alkyl halides is 4. The monoisotopic (exact) mass is 268 g/mol. The van der Waals surface area contributed by atoms with Crippen LogP contribution in [-0.2, 0) is 4.79 Å². The van der Waals surface area contributed by atoms with Crippen molar-refractivity contribution >= 4 is 37.8 Å². The Morgan fingerprint density at radius 2 is 1.56 bits per heavy atom. The Labute approximate surface area is 67.5 Å². The molecule has 0 aliphatic carbocycles. The third kappa shape index (κ3) is 3900. The lowest BCUT2D eigenvalue weighted by molar-refractivity contribution is -0.134. The normalized spacial score (nSPS) is 9.44. The number of aliphatic carboxylic acids is 1. The fourth-order valence-electron chi connectivity index (χ4n) is 0. The minimum Gasteiger partial charge on any atom is -0.481 e. The van der Waals surface area contributed by atoms with Gasteiger partial charge in [-0.2, -0.15) is 8.78 Å². The molecule has 0 spiro atoms. The highest BCUT2D eigenvalue weighted by Gasteiger charge is 2.15. The Bertz CT molecular complexity index is 80.3. The van der Waals surface area contributed by atoms with E-state index in [1.807, 2.05) is 31.9 Å². The summed E-state index contributed by atoms with van der Waals surface area (Å²) >= 11 is 3.92. The van der Waals surface area contributed by atoms with Gasteiger partial charge in [-0.15, -0.1) is 0 Å². The molecule has 0 aliphatic heterocycles. The first kappa shape index (κ1) is 12.0. The van der Waals surface area contributed by atoms with E-state index in [-0.39, 0.29) is 0 Å². The van der Waals surface area contributed by atoms with Crippen molar-refractivity contribution in [2.75, 3.05) is 0 Å². The van der Waals surface area contributed by atoms with Gasteiger partial charge in [0.2, 0.25) is 0 Å². The van der Waals surface area contributed by atoms with Crippen LogP contribution in [0.4, 0.5) is 8.78 Å². The summed E-state index contributed by atoms with van der Waals surface area (Å²) in [5.74, 6) is -0.833. The van der Waals surface area contributed by atoms with E-state index in [2.05, 4.69) is 0 Å². The lowest BCUT2D eigenvalue weighted by Crippen LogP contribution is -1.84. The lowest BCUT2D eigenvalue weighted by atomic mass is 10.9. The standard InChI is InChI=1S/C2H4O2.CBr2F2/c1-2(3)4;2-1(3,4)5/h1H3,(H,3,4);. The second-order valence-electron chi connectivity index (χ2n) is 0.948. The lowest BCUT2D eigenvalue weighted by Gasteiger charge is -1.88. The largest absolute Gasteiger partial charge is 0.481 e. The molecular formula is C3H4Br2F2O2. The van der Waals surface area contributed by atoms with Gasteiger partial charge in [0.1, 0.15) is 0 Å². The molecule has 0 saturated heterocycles. The Morgan fingerprint density at radius 1 is 1.56 bits per heavy atom. The average molecular weight is 270 g/mol. The first-order valence-corrected chi connectivity index (χ1v) is 3.27. The van der Waals surface area contributed by atoms with Crippen molar-refractivity contribution in [3.63, 3.8) is 0 Å². The van der Waals surface area contributed by atoms with E-state index in [9.17, 15) is 8.78 Å². The van der Waals surface area contributed by atoms with Crippen LogP contribution in [0.5, 0.6) is 0 Å². The minimum atomic E-state index is -2.88. The van der Waals surface area contributed by atoms with Crippen LogP contribution >= 0.6 is 31.9 Å². The number of carbonyl (C=O) groups is 1. The molecule has 1 N–H and O–H groups in total. The number of rotatable bonds is 0. The Balaban J connectivity index is 0. The number of halogens is 4. The molecule has 0 aromatic carbocycles. The highest BCUT2D eigenvalue weighted by molar-refractivity contribution is 9.25. The summed E-state index contributed by atoms with van der Waals surface area (Å²) in [4.78, 5) is 9.00. The summed E-state index contributed by atoms with van der Waals surface area (Å²) in [5.41, 5.74) is 0. The van der Waals surface area contributed by atoms with E-state index < -0.39 is 9.71 Å². The molecule has 0 saturated carbocycles. The minimum absolute atomic E-state index is 0.833. The van der Waals surface area contributed by atoms with Gasteiger partial charge in [0.25, 0.3) is 5.97 Å². The van der Waals surface area contributed by atoms with Gasteiger partial charge in [-0.05, 0) is 0 Å². The molecule has 9 heavy (non-hydrogen) atoms. The zero-order chi connectivity index (χ0) is 8.08. The van der Waals surface area contributed by atoms with Crippen LogP contribution < -0.4 is 0 Å². The molecule has 0 atom stereocenters. The van der Waals surface area contributed by atoms with Crippen LogP contribution in [0.1, 0.15) is 6.92 Å². The maximum Gasteiger partial charge on any atom is 0.356 e. The number of carboxylic acid groups (broad SMARTS) is 1. The van der Waals surface area contributed by atoms with Gasteiger partial charge >= 0.3 is 3.74 Å². The van der Waals surface area contributed by atoms with Crippen molar-refractivity contribution in [2.24, 2.45) is 0 Å². The molecule has 0 rings (SSSR count). The fourth-order valence-corrected chi connectivity index (χ4v) is 0. The molecule has 0 fully saturated rings. The van der Waals surface area contributed by atoms with Crippen LogP contribution in [-0.4, -0.2) is 14.8 Å². The summed E-state index contributed by atoms with van der Waals surface area (Å²) in [6.45, 7) is 1.08. The molecule has 0 radical (unpaired) electrons. The van der Waals surface area contributed by atoms with E-state index in [1.165, 1.54) is 0 Å². The summed E-state index contributed by atoms with van der Waals surface area (Å²) in [7, 11) is 0. The predicted molar refractivity (Wildman–Crippen MR) is 36.1 cm³/mol. The van der Waals surface area contributed by atoms with E-state index in [0.717, 1.165) is 6.92 Å². The van der Waals surface area contributed by atoms with Gasteiger partial charge in [0, 0.05) is 38.8 Å². The molecular weight excluding hydrogens is 266 g/mol. The summed E-state index contributed by atoms with van der Waals surface area (Å²) in [5, 5.41) is 7.42. The van der Waals surface area contributed by atoms with Crippen molar-refractivity contribution in [3.8, 4) is 0 Å². The predicted octanol–water partition coefficient (Wildman–Crippen LogP) is 2.42. The molecule has 0 aromatic rings. The van der Waals surface area contributed by atoms with Crippen LogP contribution in [0.3, 0.4) is 0 Å². The summed E-state index contributed by atoms with van der Waals surface area (Å²) in [6.07, 6.45) is 0. The van der Waals surface area contributed by atoms with Crippen molar-refractivity contribution in [1.82, 2.24) is 0 Å².